The summed E-state index contributed by atoms with van der Waals surface area (Å²) in [6.07, 6.45) is 1.63. The number of ether oxygens (including phenoxy) is 1. The second-order valence-electron chi connectivity index (χ2n) is 6.50. The second-order valence-corrected chi connectivity index (χ2v) is 8.38. The lowest BCUT2D eigenvalue weighted by molar-refractivity contribution is 0.372. The molecule has 0 aliphatic rings. The van der Waals surface area contributed by atoms with Crippen LogP contribution >= 0.6 is 27.3 Å². The number of aromatic hydroxyl groups is 1. The largest absolute Gasteiger partial charge is 0.503 e. The molecule has 0 atom stereocenters. The van der Waals surface area contributed by atoms with Crippen LogP contribution in [0.1, 0.15) is 16.7 Å². The Hall–Kier alpha value is -3.33. The van der Waals surface area contributed by atoms with Crippen molar-refractivity contribution in [3.63, 3.8) is 0 Å². The highest BCUT2D eigenvalue weighted by atomic mass is 79.9. The minimum absolute atomic E-state index is 0.0428. The van der Waals surface area contributed by atoms with Gasteiger partial charge in [0.15, 0.2) is 17.1 Å². The summed E-state index contributed by atoms with van der Waals surface area (Å²) in [4.78, 5) is 13.3. The molecule has 1 N–H and O–H groups in total. The summed E-state index contributed by atoms with van der Waals surface area (Å²) in [6.45, 7) is 3.82. The Kier molecular flexibility index (Phi) is 6.12. The number of methoxy groups -OCH3 is 1. The first-order chi connectivity index (χ1) is 14.3. The van der Waals surface area contributed by atoms with Crippen molar-refractivity contribution in [1.29, 1.82) is 10.5 Å². The van der Waals surface area contributed by atoms with E-state index in [4.69, 9.17) is 4.74 Å². The molecule has 0 bridgehead atoms. The molecule has 0 aliphatic carbocycles. The zero-order valence-corrected chi connectivity index (χ0v) is 18.8. The fourth-order valence-electron chi connectivity index (χ4n) is 3.03. The lowest BCUT2D eigenvalue weighted by Gasteiger charge is -2.07. The summed E-state index contributed by atoms with van der Waals surface area (Å²) in [6, 6.07) is 12.6. The number of halogens is 1. The van der Waals surface area contributed by atoms with Gasteiger partial charge in [0.05, 0.1) is 21.8 Å². The fourth-order valence-corrected chi connectivity index (χ4v) is 4.54. The van der Waals surface area contributed by atoms with Gasteiger partial charge in [0.2, 0.25) is 0 Å². The summed E-state index contributed by atoms with van der Waals surface area (Å²) in [5, 5.41) is 28.8. The first-order valence-corrected chi connectivity index (χ1v) is 10.3. The van der Waals surface area contributed by atoms with E-state index in [2.05, 4.69) is 15.9 Å². The highest BCUT2D eigenvalue weighted by molar-refractivity contribution is 9.10. The van der Waals surface area contributed by atoms with Crippen molar-refractivity contribution in [3.8, 4) is 29.3 Å². The van der Waals surface area contributed by atoms with Crippen molar-refractivity contribution >= 4 is 38.9 Å². The first-order valence-electron chi connectivity index (χ1n) is 8.73. The molecule has 0 fully saturated rings. The molecule has 1 aromatic heterocycles. The van der Waals surface area contributed by atoms with Gasteiger partial charge in [0, 0.05) is 0 Å². The van der Waals surface area contributed by atoms with E-state index in [1.165, 1.54) is 11.7 Å². The summed E-state index contributed by atoms with van der Waals surface area (Å²) < 4.78 is 7.59. The summed E-state index contributed by atoms with van der Waals surface area (Å²) >= 11 is 4.33. The topological polar surface area (TPSA) is 99.0 Å². The monoisotopic (exact) mass is 481 g/mol. The minimum atomic E-state index is -0.340. The van der Waals surface area contributed by atoms with Crippen LogP contribution in [0, 0.1) is 36.5 Å². The van der Waals surface area contributed by atoms with Crippen LogP contribution in [-0.2, 0) is 0 Å². The third kappa shape index (κ3) is 3.88. The van der Waals surface area contributed by atoms with E-state index in [9.17, 15) is 20.4 Å². The number of phenols is 1. The average molecular weight is 482 g/mol. The number of hydrogen-bond donors (Lipinski definition) is 1. The van der Waals surface area contributed by atoms with Crippen LogP contribution in [0.3, 0.4) is 0 Å². The minimum Gasteiger partial charge on any atom is -0.503 e. The number of aryl methyl sites for hydroxylation is 2. The zero-order valence-electron chi connectivity index (χ0n) is 16.4. The molecule has 6 nitrogen and oxygen atoms in total. The van der Waals surface area contributed by atoms with Gasteiger partial charge in [0.1, 0.15) is 16.8 Å². The highest BCUT2D eigenvalue weighted by Crippen LogP contribution is 2.35. The molecule has 150 valence electrons. The van der Waals surface area contributed by atoms with Gasteiger partial charge in [0.25, 0.3) is 5.56 Å². The molecule has 3 rings (SSSR count). The maximum atomic E-state index is 13.3. The van der Waals surface area contributed by atoms with E-state index in [1.54, 1.807) is 24.3 Å². The second kappa shape index (κ2) is 8.58. The van der Waals surface area contributed by atoms with E-state index in [0.717, 1.165) is 22.5 Å². The number of aromatic nitrogens is 1. The Labute approximate surface area is 185 Å². The van der Waals surface area contributed by atoms with Crippen LogP contribution in [0.5, 0.6) is 11.5 Å². The fraction of sp³-hybridized carbons (Fsp3) is 0.136. The number of nitriles is 2. The third-order valence-electron chi connectivity index (χ3n) is 4.42. The molecule has 0 unspecified atom stereocenters. The normalized spacial score (nSPS) is 11.1. The molecule has 0 radical (unpaired) electrons. The number of benzene rings is 2. The molecule has 30 heavy (non-hydrogen) atoms. The molecule has 2 aromatic carbocycles. The number of nitrogens with zero attached hydrogens (tertiary/aromatic N) is 3. The van der Waals surface area contributed by atoms with Crippen LogP contribution in [-0.4, -0.2) is 16.8 Å². The Morgan fingerprint density at radius 1 is 1.23 bits per heavy atom. The van der Waals surface area contributed by atoms with Gasteiger partial charge < -0.3 is 9.84 Å². The molecule has 1 heterocycles. The van der Waals surface area contributed by atoms with Crippen molar-refractivity contribution in [2.75, 3.05) is 7.11 Å². The van der Waals surface area contributed by atoms with Crippen LogP contribution in [0.2, 0.25) is 0 Å². The Balaban J connectivity index is 2.41. The predicted octanol–water partition coefficient (Wildman–Crippen LogP) is 3.02. The molecule has 0 saturated heterocycles. The molecule has 0 spiro atoms. The number of phenolic OH excluding ortho intramolecular Hbond substituents is 1. The lowest BCUT2D eigenvalue weighted by Crippen LogP contribution is -2.31. The van der Waals surface area contributed by atoms with E-state index in [1.807, 2.05) is 38.1 Å². The van der Waals surface area contributed by atoms with Gasteiger partial charge in [-0.1, -0.05) is 17.7 Å². The zero-order chi connectivity index (χ0) is 22.0. The maximum Gasteiger partial charge on any atom is 0.273 e. The predicted molar refractivity (Wildman–Crippen MR) is 119 cm³/mol. The summed E-state index contributed by atoms with van der Waals surface area (Å²) in [5.41, 5.74) is 2.65. The molecule has 0 saturated carbocycles. The Bertz CT molecular complexity index is 1410. The van der Waals surface area contributed by atoms with Gasteiger partial charge in [-0.15, -0.1) is 11.3 Å². The quantitative estimate of drug-likeness (QED) is 0.619. The van der Waals surface area contributed by atoms with Crippen molar-refractivity contribution in [2.45, 2.75) is 13.8 Å². The van der Waals surface area contributed by atoms with E-state index in [0.29, 0.717) is 20.3 Å². The standard InChI is InChI=1S/C22H16BrN3O3S/c1-12-4-5-17(13(2)6-12)26-21(28)19(30-22(26)15(10-24)11-25)9-14-7-16(23)20(27)18(8-14)29-3/h4-9,27H,1-3H3/b19-9-. The molecular weight excluding hydrogens is 466 g/mol. The van der Waals surface area contributed by atoms with Crippen LogP contribution in [0.15, 0.2) is 39.6 Å². The van der Waals surface area contributed by atoms with Crippen molar-refractivity contribution in [2.24, 2.45) is 0 Å². The van der Waals surface area contributed by atoms with Crippen molar-refractivity contribution < 1.29 is 9.84 Å². The number of hydrogen-bond acceptors (Lipinski definition) is 6. The average Bonchev–Trinajstić information content (AvgIpc) is 3.01. The molecule has 3 aromatic rings. The van der Waals surface area contributed by atoms with Gasteiger partial charge in [-0.25, -0.2) is 0 Å². The third-order valence-corrected chi connectivity index (χ3v) is 6.12. The Morgan fingerprint density at radius 2 is 1.93 bits per heavy atom. The van der Waals surface area contributed by atoms with Gasteiger partial charge >= 0.3 is 0 Å². The summed E-state index contributed by atoms with van der Waals surface area (Å²) in [5.74, 6) is 0.210. The van der Waals surface area contributed by atoms with Gasteiger partial charge in [-0.05, 0) is 65.2 Å². The molecule has 0 aliphatic heterocycles. The van der Waals surface area contributed by atoms with Gasteiger partial charge in [-0.2, -0.15) is 10.5 Å². The van der Waals surface area contributed by atoms with Gasteiger partial charge in [-0.3, -0.25) is 9.36 Å². The van der Waals surface area contributed by atoms with Crippen LogP contribution in [0.4, 0.5) is 0 Å². The smallest absolute Gasteiger partial charge is 0.273 e. The van der Waals surface area contributed by atoms with E-state index >= 15 is 0 Å². The lowest BCUT2D eigenvalue weighted by atomic mass is 10.1. The Morgan fingerprint density at radius 3 is 2.53 bits per heavy atom. The SMILES string of the molecule is COc1cc(/C=c2\sc(=C(C#N)C#N)n(-c3ccc(C)cc3C)c2=O)cc(Br)c1O. The highest BCUT2D eigenvalue weighted by Gasteiger charge is 2.14. The molecule has 0 amide bonds. The van der Waals surface area contributed by atoms with E-state index < -0.39 is 0 Å². The van der Waals surface area contributed by atoms with Crippen LogP contribution in [0.25, 0.3) is 17.3 Å². The number of thiazole rings is 1. The number of rotatable bonds is 3. The van der Waals surface area contributed by atoms with Crippen LogP contribution < -0.4 is 19.5 Å². The van der Waals surface area contributed by atoms with Crippen molar-refractivity contribution in [1.82, 2.24) is 4.57 Å². The molecular formula is C22H16BrN3O3S. The maximum absolute atomic E-state index is 13.3. The molecule has 8 heteroatoms. The first kappa shape index (κ1) is 21.4. The summed E-state index contributed by atoms with van der Waals surface area (Å²) in [7, 11) is 1.43. The van der Waals surface area contributed by atoms with Crippen molar-refractivity contribution in [3.05, 3.63) is 71.0 Å². The van der Waals surface area contributed by atoms with E-state index in [-0.39, 0.29) is 27.3 Å².